The minimum absolute atomic E-state index is 0.226. The lowest BCUT2D eigenvalue weighted by molar-refractivity contribution is -0.00461. The summed E-state index contributed by atoms with van der Waals surface area (Å²) >= 11 is 0. The van der Waals surface area contributed by atoms with Gasteiger partial charge in [0.15, 0.2) is 0 Å². The normalized spacial score (nSPS) is 40.7. The third-order valence-electron chi connectivity index (χ3n) is 4.24. The van der Waals surface area contributed by atoms with Gasteiger partial charge in [0, 0.05) is 33.4 Å². The van der Waals surface area contributed by atoms with E-state index < -0.39 is 0 Å². The van der Waals surface area contributed by atoms with Crippen LogP contribution in [0.3, 0.4) is 0 Å². The maximum atomic E-state index is 5.84. The molecule has 1 aliphatic heterocycles. The van der Waals surface area contributed by atoms with E-state index in [2.05, 4.69) is 4.90 Å². The highest BCUT2D eigenvalue weighted by Gasteiger charge is 2.40. The zero-order chi connectivity index (χ0) is 11.5. The molecule has 2 N–H and O–H groups in total. The SMILES string of the molecule is COC1CN(C2CCCC2CN)CC1OC. The van der Waals surface area contributed by atoms with Gasteiger partial charge < -0.3 is 15.2 Å². The molecule has 0 aromatic carbocycles. The number of rotatable bonds is 4. The van der Waals surface area contributed by atoms with E-state index in [-0.39, 0.29) is 12.2 Å². The molecular weight excluding hydrogens is 204 g/mol. The van der Waals surface area contributed by atoms with Crippen molar-refractivity contribution in [3.05, 3.63) is 0 Å². The zero-order valence-electron chi connectivity index (χ0n) is 10.4. The van der Waals surface area contributed by atoms with Crippen LogP contribution in [0.2, 0.25) is 0 Å². The number of hydrogen-bond donors (Lipinski definition) is 1. The molecule has 1 saturated carbocycles. The monoisotopic (exact) mass is 228 g/mol. The van der Waals surface area contributed by atoms with Gasteiger partial charge in [-0.1, -0.05) is 6.42 Å². The van der Waals surface area contributed by atoms with Crippen molar-refractivity contribution in [1.29, 1.82) is 0 Å². The average molecular weight is 228 g/mol. The number of ether oxygens (including phenoxy) is 2. The predicted molar refractivity (Wildman–Crippen MR) is 63.4 cm³/mol. The molecule has 4 nitrogen and oxygen atoms in total. The number of methoxy groups -OCH3 is 2. The molecule has 1 aliphatic carbocycles. The van der Waals surface area contributed by atoms with E-state index in [0.29, 0.717) is 12.0 Å². The molecule has 4 heteroatoms. The first-order valence-corrected chi connectivity index (χ1v) is 6.29. The fourth-order valence-electron chi connectivity index (χ4n) is 3.27. The minimum atomic E-state index is 0.226. The van der Waals surface area contributed by atoms with Gasteiger partial charge in [-0.3, -0.25) is 4.90 Å². The maximum absolute atomic E-state index is 5.84. The van der Waals surface area contributed by atoms with Crippen LogP contribution < -0.4 is 5.73 Å². The molecule has 0 amide bonds. The van der Waals surface area contributed by atoms with E-state index >= 15 is 0 Å². The van der Waals surface area contributed by atoms with Crippen LogP contribution in [0.4, 0.5) is 0 Å². The van der Waals surface area contributed by atoms with E-state index in [1.165, 1.54) is 19.3 Å². The average Bonchev–Trinajstić information content (AvgIpc) is 2.93. The van der Waals surface area contributed by atoms with Crippen LogP contribution in [0.25, 0.3) is 0 Å². The van der Waals surface area contributed by atoms with Crippen molar-refractivity contribution in [3.8, 4) is 0 Å². The lowest BCUT2D eigenvalue weighted by Crippen LogP contribution is -2.39. The van der Waals surface area contributed by atoms with Gasteiger partial charge in [0.1, 0.15) is 0 Å². The molecule has 0 aromatic rings. The number of hydrogen-bond acceptors (Lipinski definition) is 4. The van der Waals surface area contributed by atoms with Gasteiger partial charge in [0.05, 0.1) is 12.2 Å². The second-order valence-electron chi connectivity index (χ2n) is 5.00. The van der Waals surface area contributed by atoms with Crippen LogP contribution in [-0.2, 0) is 9.47 Å². The molecule has 0 spiro atoms. The standard InChI is InChI=1S/C12H24N2O2/c1-15-11-7-14(8-12(11)16-2)10-5-3-4-9(10)6-13/h9-12H,3-8,13H2,1-2H3. The van der Waals surface area contributed by atoms with Crippen molar-refractivity contribution >= 4 is 0 Å². The predicted octanol–water partition coefficient (Wildman–Crippen LogP) is 0.459. The van der Waals surface area contributed by atoms with Crippen molar-refractivity contribution in [1.82, 2.24) is 4.90 Å². The van der Waals surface area contributed by atoms with Gasteiger partial charge in [-0.05, 0) is 25.3 Å². The molecule has 2 aliphatic rings. The Labute approximate surface area is 98.1 Å². The third-order valence-corrected chi connectivity index (χ3v) is 4.24. The van der Waals surface area contributed by atoms with Crippen molar-refractivity contribution < 1.29 is 9.47 Å². The molecule has 0 aromatic heterocycles. The highest BCUT2D eigenvalue weighted by molar-refractivity contribution is 4.94. The van der Waals surface area contributed by atoms with Crippen LogP contribution >= 0.6 is 0 Å². The summed E-state index contributed by atoms with van der Waals surface area (Å²) in [5, 5.41) is 0. The smallest absolute Gasteiger partial charge is 0.0971 e. The highest BCUT2D eigenvalue weighted by atomic mass is 16.5. The van der Waals surface area contributed by atoms with Crippen molar-refractivity contribution in [2.75, 3.05) is 33.9 Å². The lowest BCUT2D eigenvalue weighted by Gasteiger charge is -2.28. The fraction of sp³-hybridized carbons (Fsp3) is 1.00. The first kappa shape index (κ1) is 12.3. The van der Waals surface area contributed by atoms with E-state index in [0.717, 1.165) is 19.6 Å². The van der Waals surface area contributed by atoms with Crippen LogP contribution in [-0.4, -0.2) is 57.0 Å². The van der Waals surface area contributed by atoms with E-state index in [1.807, 2.05) is 0 Å². The second-order valence-corrected chi connectivity index (χ2v) is 5.00. The summed E-state index contributed by atoms with van der Waals surface area (Å²) in [6, 6.07) is 0.655. The quantitative estimate of drug-likeness (QED) is 0.759. The fourth-order valence-corrected chi connectivity index (χ4v) is 3.27. The Morgan fingerprint density at radius 1 is 1.12 bits per heavy atom. The van der Waals surface area contributed by atoms with Crippen LogP contribution in [0.1, 0.15) is 19.3 Å². The maximum Gasteiger partial charge on any atom is 0.0971 e. The molecular formula is C12H24N2O2. The number of nitrogens with two attached hydrogens (primary N) is 1. The summed E-state index contributed by atoms with van der Waals surface area (Å²) < 4.78 is 11.0. The van der Waals surface area contributed by atoms with Crippen LogP contribution in [0.15, 0.2) is 0 Å². The summed E-state index contributed by atoms with van der Waals surface area (Å²) in [5.74, 6) is 0.674. The van der Waals surface area contributed by atoms with Crippen LogP contribution in [0.5, 0.6) is 0 Å². The van der Waals surface area contributed by atoms with E-state index in [9.17, 15) is 0 Å². The summed E-state index contributed by atoms with van der Waals surface area (Å²) in [5.41, 5.74) is 5.84. The Bertz CT molecular complexity index is 213. The highest BCUT2D eigenvalue weighted by Crippen LogP contribution is 2.32. The number of nitrogens with zero attached hydrogens (tertiary/aromatic N) is 1. The molecule has 0 radical (unpaired) electrons. The van der Waals surface area contributed by atoms with Crippen LogP contribution in [0, 0.1) is 5.92 Å². The minimum Gasteiger partial charge on any atom is -0.377 e. The largest absolute Gasteiger partial charge is 0.377 e. The zero-order valence-corrected chi connectivity index (χ0v) is 10.4. The molecule has 94 valence electrons. The second kappa shape index (κ2) is 5.45. The van der Waals surface area contributed by atoms with Gasteiger partial charge in [0.2, 0.25) is 0 Å². The van der Waals surface area contributed by atoms with Gasteiger partial charge in [-0.2, -0.15) is 0 Å². The summed E-state index contributed by atoms with van der Waals surface area (Å²) in [6.45, 7) is 2.81. The Morgan fingerprint density at radius 3 is 2.25 bits per heavy atom. The van der Waals surface area contributed by atoms with E-state index in [1.54, 1.807) is 14.2 Å². The Balaban J connectivity index is 1.96. The van der Waals surface area contributed by atoms with Gasteiger partial charge in [-0.15, -0.1) is 0 Å². The lowest BCUT2D eigenvalue weighted by atomic mass is 10.0. The first-order chi connectivity index (χ1) is 7.80. The molecule has 2 fully saturated rings. The first-order valence-electron chi connectivity index (χ1n) is 6.29. The van der Waals surface area contributed by atoms with E-state index in [4.69, 9.17) is 15.2 Å². The summed E-state index contributed by atoms with van der Waals surface area (Å²) in [6.07, 6.45) is 4.34. The molecule has 1 saturated heterocycles. The molecule has 1 heterocycles. The third kappa shape index (κ3) is 2.25. The molecule has 4 atom stereocenters. The molecule has 0 bridgehead atoms. The molecule has 2 rings (SSSR count). The van der Waals surface area contributed by atoms with Gasteiger partial charge in [0.25, 0.3) is 0 Å². The molecule has 4 unspecified atom stereocenters. The Morgan fingerprint density at radius 2 is 1.75 bits per heavy atom. The van der Waals surface area contributed by atoms with Gasteiger partial charge >= 0.3 is 0 Å². The van der Waals surface area contributed by atoms with Crippen molar-refractivity contribution in [3.63, 3.8) is 0 Å². The summed E-state index contributed by atoms with van der Waals surface area (Å²) in [7, 11) is 3.55. The summed E-state index contributed by atoms with van der Waals surface area (Å²) in [4.78, 5) is 2.52. The Hall–Kier alpha value is -0.160. The molecule has 16 heavy (non-hydrogen) atoms. The van der Waals surface area contributed by atoms with Gasteiger partial charge in [-0.25, -0.2) is 0 Å². The number of likely N-dealkylation sites (tertiary alicyclic amines) is 1. The Kier molecular flexibility index (Phi) is 4.19. The van der Waals surface area contributed by atoms with Crippen molar-refractivity contribution in [2.45, 2.75) is 37.5 Å². The van der Waals surface area contributed by atoms with Crippen molar-refractivity contribution in [2.24, 2.45) is 11.7 Å². The topological polar surface area (TPSA) is 47.7 Å².